The van der Waals surface area contributed by atoms with E-state index in [1.165, 1.54) is 0 Å². The van der Waals surface area contributed by atoms with E-state index in [4.69, 9.17) is 11.6 Å². The van der Waals surface area contributed by atoms with E-state index in [0.717, 1.165) is 23.7 Å². The topological polar surface area (TPSA) is 81.1 Å². The maximum Gasteiger partial charge on any atom is 0.262 e. The van der Waals surface area contributed by atoms with Crippen LogP contribution in [-0.4, -0.2) is 27.1 Å². The molecule has 0 atom stereocenters. The molecule has 1 N–H and O–H groups in total. The number of halogens is 1. The predicted molar refractivity (Wildman–Crippen MR) is 115 cm³/mol. The van der Waals surface area contributed by atoms with Gasteiger partial charge in [0.2, 0.25) is 11.8 Å². The number of nitrogens with one attached hydrogen (secondary N) is 1. The quantitative estimate of drug-likeness (QED) is 0.459. The third kappa shape index (κ3) is 5.46. The number of thioether (sulfide) groups is 1. The highest BCUT2D eigenvalue weighted by Crippen LogP contribution is 2.20. The first-order valence-corrected chi connectivity index (χ1v) is 10.5. The van der Waals surface area contributed by atoms with Gasteiger partial charge in [-0.05, 0) is 30.2 Å². The first-order chi connectivity index (χ1) is 14.0. The Kier molecular flexibility index (Phi) is 7.06. The molecule has 29 heavy (non-hydrogen) atoms. The van der Waals surface area contributed by atoms with E-state index in [-0.39, 0.29) is 23.6 Å². The Bertz CT molecular complexity index is 1100. The van der Waals surface area contributed by atoms with Crippen LogP contribution in [0, 0.1) is 0 Å². The summed E-state index contributed by atoms with van der Waals surface area (Å²) in [6.07, 6.45) is 0.876. The summed E-state index contributed by atoms with van der Waals surface area (Å²) in [6.45, 7) is 2.45. The van der Waals surface area contributed by atoms with Gasteiger partial charge in [-0.15, -0.1) is 0 Å². The predicted octanol–water partition coefficient (Wildman–Crippen LogP) is 3.44. The Hall–Kier alpha value is -2.64. The maximum atomic E-state index is 12.8. The minimum atomic E-state index is -0.431. The van der Waals surface area contributed by atoms with Crippen LogP contribution in [0.3, 0.4) is 0 Å². The Morgan fingerprint density at radius 2 is 1.90 bits per heavy atom. The van der Waals surface area contributed by atoms with E-state index < -0.39 is 5.91 Å². The van der Waals surface area contributed by atoms with Crippen molar-refractivity contribution in [1.82, 2.24) is 14.9 Å². The Morgan fingerprint density at radius 3 is 2.62 bits per heavy atom. The molecule has 2 amide bonds. The minimum Gasteiger partial charge on any atom is -0.295 e. The first-order valence-electron chi connectivity index (χ1n) is 9.17. The van der Waals surface area contributed by atoms with Crippen LogP contribution >= 0.6 is 23.4 Å². The number of aromatic nitrogens is 2. The van der Waals surface area contributed by atoms with Crippen molar-refractivity contribution in [1.29, 1.82) is 0 Å². The van der Waals surface area contributed by atoms with Crippen LogP contribution in [0.4, 0.5) is 0 Å². The number of carbonyl (C=O) groups excluding carboxylic acids is 2. The molecule has 1 aromatic heterocycles. The Labute approximate surface area is 177 Å². The zero-order valence-electron chi connectivity index (χ0n) is 15.9. The maximum absolute atomic E-state index is 12.8. The van der Waals surface area contributed by atoms with Crippen molar-refractivity contribution in [2.75, 3.05) is 5.75 Å². The van der Waals surface area contributed by atoms with Crippen molar-refractivity contribution < 1.29 is 9.59 Å². The Morgan fingerprint density at radius 1 is 1.14 bits per heavy atom. The van der Waals surface area contributed by atoms with Crippen LogP contribution in [-0.2, 0) is 22.6 Å². The molecular formula is C21H20ClN3O3S. The summed E-state index contributed by atoms with van der Waals surface area (Å²) in [4.78, 5) is 41.5. The standard InChI is InChI=1S/C21H20ClN3O3S/c1-2-10-25-20(28)16-9-8-15(22)12-17(16)23-21(25)29-13-19(27)24-18(26)11-14-6-4-3-5-7-14/h3-9,12H,2,10-11,13H2,1H3,(H,24,26,27). The molecule has 8 heteroatoms. The summed E-state index contributed by atoms with van der Waals surface area (Å²) < 4.78 is 1.56. The summed E-state index contributed by atoms with van der Waals surface area (Å²) in [5.41, 5.74) is 1.14. The number of carbonyl (C=O) groups is 2. The smallest absolute Gasteiger partial charge is 0.262 e. The van der Waals surface area contributed by atoms with E-state index >= 15 is 0 Å². The third-order valence-corrected chi connectivity index (χ3v) is 5.36. The molecule has 0 aliphatic heterocycles. The van der Waals surface area contributed by atoms with E-state index in [1.54, 1.807) is 22.8 Å². The van der Waals surface area contributed by atoms with Crippen molar-refractivity contribution in [3.05, 3.63) is 69.5 Å². The van der Waals surface area contributed by atoms with Crippen molar-refractivity contribution in [3.63, 3.8) is 0 Å². The lowest BCUT2D eigenvalue weighted by Gasteiger charge is -2.12. The summed E-state index contributed by atoms with van der Waals surface area (Å²) in [6, 6.07) is 14.1. The van der Waals surface area contributed by atoms with Gasteiger partial charge in [-0.2, -0.15) is 0 Å². The number of nitrogens with zero attached hydrogens (tertiary/aromatic N) is 2. The van der Waals surface area contributed by atoms with Crippen LogP contribution in [0.25, 0.3) is 10.9 Å². The molecule has 2 aromatic carbocycles. The van der Waals surface area contributed by atoms with Crippen LogP contribution in [0.2, 0.25) is 5.02 Å². The summed E-state index contributed by atoms with van der Waals surface area (Å²) in [5, 5.41) is 3.77. The minimum absolute atomic E-state index is 0.0250. The molecule has 0 unspecified atom stereocenters. The average Bonchev–Trinajstić information content (AvgIpc) is 2.69. The zero-order chi connectivity index (χ0) is 20.8. The molecule has 0 saturated carbocycles. The number of rotatable bonds is 7. The fraction of sp³-hybridized carbons (Fsp3) is 0.238. The zero-order valence-corrected chi connectivity index (χ0v) is 17.4. The van der Waals surface area contributed by atoms with Gasteiger partial charge in [0.15, 0.2) is 5.16 Å². The fourth-order valence-electron chi connectivity index (χ4n) is 2.85. The number of hydrogen-bond acceptors (Lipinski definition) is 5. The van der Waals surface area contributed by atoms with Crippen molar-refractivity contribution >= 4 is 46.1 Å². The molecule has 0 aliphatic rings. The normalized spacial score (nSPS) is 10.8. The molecule has 6 nitrogen and oxygen atoms in total. The number of fused-ring (bicyclic) bond motifs is 1. The van der Waals surface area contributed by atoms with Gasteiger partial charge in [0.1, 0.15) is 0 Å². The van der Waals surface area contributed by atoms with Crippen LogP contribution < -0.4 is 10.9 Å². The second-order valence-corrected chi connectivity index (χ2v) is 7.81. The van der Waals surface area contributed by atoms with Gasteiger partial charge >= 0.3 is 0 Å². The molecular weight excluding hydrogens is 410 g/mol. The summed E-state index contributed by atoms with van der Waals surface area (Å²) in [5.74, 6) is -0.826. The molecule has 1 heterocycles. The lowest BCUT2D eigenvalue weighted by atomic mass is 10.1. The number of hydrogen-bond donors (Lipinski definition) is 1. The van der Waals surface area contributed by atoms with Crippen molar-refractivity contribution in [3.8, 4) is 0 Å². The summed E-state index contributed by atoms with van der Waals surface area (Å²) in [7, 11) is 0. The molecule has 150 valence electrons. The lowest BCUT2D eigenvalue weighted by Crippen LogP contribution is -2.33. The second-order valence-electron chi connectivity index (χ2n) is 6.44. The lowest BCUT2D eigenvalue weighted by molar-refractivity contribution is -0.128. The van der Waals surface area contributed by atoms with Gasteiger partial charge in [0.05, 0.1) is 23.1 Å². The number of imide groups is 1. The van der Waals surface area contributed by atoms with Gasteiger partial charge in [-0.25, -0.2) is 4.98 Å². The highest BCUT2D eigenvalue weighted by atomic mass is 35.5. The number of benzene rings is 2. The van der Waals surface area contributed by atoms with E-state index in [2.05, 4.69) is 10.3 Å². The molecule has 3 aromatic rings. The molecule has 0 saturated heterocycles. The van der Waals surface area contributed by atoms with E-state index in [9.17, 15) is 14.4 Å². The van der Waals surface area contributed by atoms with Crippen molar-refractivity contribution in [2.24, 2.45) is 0 Å². The molecule has 0 spiro atoms. The van der Waals surface area contributed by atoms with Crippen LogP contribution in [0.15, 0.2) is 58.5 Å². The molecule has 0 radical (unpaired) electrons. The molecule has 0 bridgehead atoms. The van der Waals surface area contributed by atoms with Crippen LogP contribution in [0.5, 0.6) is 0 Å². The first kappa shape index (κ1) is 21.1. The van der Waals surface area contributed by atoms with E-state index in [0.29, 0.717) is 27.6 Å². The highest BCUT2D eigenvalue weighted by molar-refractivity contribution is 7.99. The van der Waals surface area contributed by atoms with Gasteiger partial charge in [0.25, 0.3) is 5.56 Å². The molecule has 3 rings (SSSR count). The van der Waals surface area contributed by atoms with Gasteiger partial charge in [-0.1, -0.05) is 60.6 Å². The second kappa shape index (κ2) is 9.71. The third-order valence-electron chi connectivity index (χ3n) is 4.15. The SMILES string of the molecule is CCCn1c(SCC(=O)NC(=O)Cc2ccccc2)nc2cc(Cl)ccc2c1=O. The largest absolute Gasteiger partial charge is 0.295 e. The van der Waals surface area contributed by atoms with Gasteiger partial charge < -0.3 is 0 Å². The van der Waals surface area contributed by atoms with E-state index in [1.807, 2.05) is 37.3 Å². The highest BCUT2D eigenvalue weighted by Gasteiger charge is 2.14. The van der Waals surface area contributed by atoms with Crippen molar-refractivity contribution in [2.45, 2.75) is 31.5 Å². The van der Waals surface area contributed by atoms with Gasteiger partial charge in [0, 0.05) is 11.6 Å². The monoisotopic (exact) mass is 429 g/mol. The summed E-state index contributed by atoms with van der Waals surface area (Å²) >= 11 is 7.14. The number of amides is 2. The molecule has 0 aliphatic carbocycles. The fourth-order valence-corrected chi connectivity index (χ4v) is 3.84. The average molecular weight is 430 g/mol. The van der Waals surface area contributed by atoms with Gasteiger partial charge in [-0.3, -0.25) is 24.3 Å². The Balaban J connectivity index is 1.72. The molecule has 0 fully saturated rings. The van der Waals surface area contributed by atoms with Crippen LogP contribution in [0.1, 0.15) is 18.9 Å².